The molecule has 1 saturated heterocycles. The molecule has 1 aliphatic carbocycles. The lowest BCUT2D eigenvalue weighted by atomic mass is 10.1. The first-order chi connectivity index (χ1) is 20.8. The Morgan fingerprint density at radius 2 is 1.77 bits per heavy atom. The Bertz CT molecular complexity index is 1650. The number of ether oxygens (including phenoxy) is 1. The highest BCUT2D eigenvalue weighted by atomic mass is 32.2. The van der Waals surface area contributed by atoms with E-state index < -0.39 is 34.3 Å². The van der Waals surface area contributed by atoms with Crippen molar-refractivity contribution < 1.29 is 43.0 Å². The summed E-state index contributed by atoms with van der Waals surface area (Å²) in [5.74, 6) is -2.14. The molecule has 6 N–H and O–H groups in total. The number of nitrogens with zero attached hydrogens (tertiary/aromatic N) is 5. The number of aromatic nitrogens is 4. The van der Waals surface area contributed by atoms with Crippen LogP contribution >= 0.6 is 0 Å². The average molecular weight is 633 g/mol. The summed E-state index contributed by atoms with van der Waals surface area (Å²) in [6, 6.07) is 4.87. The molecular weight excluding hydrogens is 603 g/mol. The van der Waals surface area contributed by atoms with Crippen LogP contribution in [-0.4, -0.2) is 99.9 Å². The molecule has 2 aliphatic rings. The van der Waals surface area contributed by atoms with Crippen LogP contribution in [0.2, 0.25) is 0 Å². The van der Waals surface area contributed by atoms with E-state index in [1.807, 2.05) is 0 Å². The number of aliphatic hydroxyl groups is 3. The third-order valence-electron chi connectivity index (χ3n) is 6.86. The van der Waals surface area contributed by atoms with Gasteiger partial charge in [0.05, 0.1) is 24.2 Å². The largest absolute Gasteiger partial charge is 0.494 e. The molecule has 18 heteroatoms. The van der Waals surface area contributed by atoms with Gasteiger partial charge in [-0.05, 0) is 25.0 Å². The van der Waals surface area contributed by atoms with Gasteiger partial charge in [0.15, 0.2) is 17.3 Å². The Hall–Kier alpha value is -4.52. The number of anilines is 3. The molecule has 44 heavy (non-hydrogen) atoms. The summed E-state index contributed by atoms with van der Waals surface area (Å²) in [5.41, 5.74) is -0.241. The van der Waals surface area contributed by atoms with Gasteiger partial charge < -0.3 is 35.6 Å². The van der Waals surface area contributed by atoms with E-state index in [2.05, 4.69) is 25.9 Å². The van der Waals surface area contributed by atoms with Crippen molar-refractivity contribution in [3.05, 3.63) is 41.5 Å². The fourth-order valence-electron chi connectivity index (χ4n) is 4.54. The fraction of sp³-hybridized carbons (Fsp3) is 0.385. The van der Waals surface area contributed by atoms with Crippen molar-refractivity contribution in [2.45, 2.75) is 18.9 Å². The number of nitrogens with one attached hydrogen (secondary N) is 3. The van der Waals surface area contributed by atoms with E-state index in [1.165, 1.54) is 29.2 Å². The van der Waals surface area contributed by atoms with Crippen LogP contribution in [0.3, 0.4) is 0 Å². The second-order valence-corrected chi connectivity index (χ2v) is 11.9. The molecule has 0 spiro atoms. The monoisotopic (exact) mass is 632 g/mol. The van der Waals surface area contributed by atoms with Crippen molar-refractivity contribution >= 4 is 45.7 Å². The predicted octanol–water partition coefficient (Wildman–Crippen LogP) is -0.361. The van der Waals surface area contributed by atoms with Crippen LogP contribution in [0.5, 0.6) is 5.75 Å². The highest BCUT2D eigenvalue weighted by molar-refractivity contribution is 7.85. The minimum atomic E-state index is -3.59. The normalized spacial score (nSPS) is 15.5. The molecule has 0 bridgehead atoms. The molecule has 0 radical (unpaired) electrons. The molecule has 5 rings (SSSR count). The molecule has 16 nitrogen and oxygen atoms in total. The maximum absolute atomic E-state index is 15.1. The number of carbonyl (C=O) groups is 3. The SMILES string of the molecule is COc1c(Nc2cc(NC(=O)C3CC3)nnc2C(=O)NC(O)(O)O)cc(F)cc1-c1cc(C(=O)N2CCS(=O)CC2)n(C)n1. The molecule has 0 unspecified atom stereocenters. The number of amides is 3. The topological polar surface area (TPSA) is 221 Å². The highest BCUT2D eigenvalue weighted by Gasteiger charge is 2.31. The lowest BCUT2D eigenvalue weighted by Gasteiger charge is -2.26. The van der Waals surface area contributed by atoms with Crippen LogP contribution in [0.1, 0.15) is 33.8 Å². The van der Waals surface area contributed by atoms with Crippen molar-refractivity contribution in [2.24, 2.45) is 13.0 Å². The molecule has 3 aromatic rings. The van der Waals surface area contributed by atoms with Gasteiger partial charge in [0.25, 0.3) is 11.8 Å². The zero-order chi connectivity index (χ0) is 31.8. The lowest BCUT2D eigenvalue weighted by molar-refractivity contribution is -0.323. The summed E-state index contributed by atoms with van der Waals surface area (Å²) in [6.07, 6.45) is -2.17. The first-order valence-corrected chi connectivity index (χ1v) is 14.8. The zero-order valence-electron chi connectivity index (χ0n) is 23.5. The Morgan fingerprint density at radius 3 is 2.41 bits per heavy atom. The van der Waals surface area contributed by atoms with E-state index in [0.29, 0.717) is 37.4 Å². The number of rotatable bonds is 9. The molecule has 3 amide bonds. The Balaban J connectivity index is 1.51. The zero-order valence-corrected chi connectivity index (χ0v) is 24.4. The smallest absolute Gasteiger partial charge is 0.369 e. The third kappa shape index (κ3) is 6.99. The van der Waals surface area contributed by atoms with E-state index in [-0.39, 0.29) is 57.6 Å². The molecule has 1 saturated carbocycles. The van der Waals surface area contributed by atoms with E-state index in [1.54, 1.807) is 11.9 Å². The number of hydrogen-bond donors (Lipinski definition) is 6. The average Bonchev–Trinajstić information content (AvgIpc) is 3.73. The van der Waals surface area contributed by atoms with E-state index in [9.17, 15) is 33.9 Å². The quantitative estimate of drug-likeness (QED) is 0.167. The number of hydrogen-bond acceptors (Lipinski definition) is 12. The summed E-state index contributed by atoms with van der Waals surface area (Å²) < 4.78 is 33.7. The van der Waals surface area contributed by atoms with Crippen molar-refractivity contribution in [2.75, 3.05) is 42.3 Å². The molecule has 234 valence electrons. The minimum absolute atomic E-state index is 0.0377. The molecule has 0 atom stereocenters. The second-order valence-electron chi connectivity index (χ2n) is 10.2. The first kappa shape index (κ1) is 30.9. The van der Waals surface area contributed by atoms with Gasteiger partial charge in [0.2, 0.25) is 5.91 Å². The van der Waals surface area contributed by atoms with E-state index in [4.69, 9.17) is 4.74 Å². The van der Waals surface area contributed by atoms with Crippen LogP contribution in [-0.2, 0) is 22.6 Å². The van der Waals surface area contributed by atoms with Crippen molar-refractivity contribution in [3.8, 4) is 17.0 Å². The lowest BCUT2D eigenvalue weighted by Crippen LogP contribution is -2.48. The first-order valence-electron chi connectivity index (χ1n) is 13.3. The maximum atomic E-state index is 15.1. The van der Waals surface area contributed by atoms with Crippen LogP contribution in [0.15, 0.2) is 24.3 Å². The Morgan fingerprint density at radius 1 is 1.07 bits per heavy atom. The number of halogens is 1. The standard InChI is InChI=1S/C26H29FN8O8S/c1-34-19(25(38)35-5-7-44(42)8-6-35)11-16(33-34)15-9-14(27)10-18(22(15)43-2)28-17-12-20(29-23(36)13-3-4-13)31-32-21(17)24(37)30-26(39,40)41/h9-13,39-41H,3-8H2,1-2H3,(H,30,37)(H2,28,29,31,36). The molecule has 2 fully saturated rings. The van der Waals surface area contributed by atoms with Gasteiger partial charge in [-0.25, -0.2) is 4.39 Å². The van der Waals surface area contributed by atoms with Gasteiger partial charge >= 0.3 is 6.10 Å². The van der Waals surface area contributed by atoms with Gasteiger partial charge in [-0.15, -0.1) is 10.2 Å². The minimum Gasteiger partial charge on any atom is -0.494 e. The molecule has 1 aliphatic heterocycles. The summed E-state index contributed by atoms with van der Waals surface area (Å²) >= 11 is 0. The maximum Gasteiger partial charge on any atom is 0.369 e. The van der Waals surface area contributed by atoms with Crippen LogP contribution in [0.25, 0.3) is 11.3 Å². The van der Waals surface area contributed by atoms with Gasteiger partial charge in [0, 0.05) is 66.1 Å². The summed E-state index contributed by atoms with van der Waals surface area (Å²) in [6.45, 7) is 0.651. The van der Waals surface area contributed by atoms with Crippen molar-refractivity contribution in [1.82, 2.24) is 30.2 Å². The molecule has 2 aromatic heterocycles. The third-order valence-corrected chi connectivity index (χ3v) is 8.13. The summed E-state index contributed by atoms with van der Waals surface area (Å²) in [7, 11) is 1.88. The number of aryl methyl sites for hydroxylation is 1. The van der Waals surface area contributed by atoms with Crippen molar-refractivity contribution in [3.63, 3.8) is 0 Å². The Labute approximate surface area is 251 Å². The Kier molecular flexibility index (Phi) is 8.60. The van der Waals surface area contributed by atoms with Crippen LogP contribution in [0.4, 0.5) is 21.6 Å². The highest BCUT2D eigenvalue weighted by Crippen LogP contribution is 2.39. The predicted molar refractivity (Wildman–Crippen MR) is 152 cm³/mol. The van der Waals surface area contributed by atoms with Gasteiger partial charge in [-0.3, -0.25) is 28.6 Å². The van der Waals surface area contributed by atoms with Crippen molar-refractivity contribution in [1.29, 1.82) is 0 Å². The number of carbonyl (C=O) groups excluding carboxylic acids is 3. The molecule has 1 aromatic carbocycles. The van der Waals surface area contributed by atoms with Gasteiger partial charge in [0.1, 0.15) is 11.5 Å². The second kappa shape index (κ2) is 12.2. The van der Waals surface area contributed by atoms with Crippen LogP contribution < -0.4 is 20.7 Å². The number of methoxy groups -OCH3 is 1. The summed E-state index contributed by atoms with van der Waals surface area (Å²) in [4.78, 5) is 39.7. The molecular formula is C26H29FN8O8S. The van der Waals surface area contributed by atoms with Gasteiger partial charge in [-0.2, -0.15) is 5.10 Å². The fourth-order valence-corrected chi connectivity index (χ4v) is 5.60. The number of benzene rings is 1. The summed E-state index contributed by atoms with van der Waals surface area (Å²) in [5, 5.41) is 46.5. The van der Waals surface area contributed by atoms with Gasteiger partial charge in [-0.1, -0.05) is 0 Å². The van der Waals surface area contributed by atoms with E-state index >= 15 is 4.39 Å². The molecule has 3 heterocycles. The van der Waals surface area contributed by atoms with Crippen LogP contribution in [0, 0.1) is 11.7 Å². The van der Waals surface area contributed by atoms with E-state index in [0.717, 1.165) is 12.1 Å².